The molecular weight excluding hydrogens is 272 g/mol. The molecule has 0 N–H and O–H groups in total. The van der Waals surface area contributed by atoms with E-state index in [1.165, 1.54) is 15.3 Å². The molecule has 3 aromatic rings. The molecule has 0 aliphatic rings. The summed E-state index contributed by atoms with van der Waals surface area (Å²) < 4.78 is 5.43. The van der Waals surface area contributed by atoms with Crippen LogP contribution in [0.1, 0.15) is 0 Å². The van der Waals surface area contributed by atoms with Gasteiger partial charge in [0.15, 0.2) is 10.3 Å². The second kappa shape index (κ2) is 5.51. The molecule has 0 spiro atoms. The Balaban J connectivity index is 2.02. The molecule has 94 valence electrons. The molecule has 1 heterocycles. The number of rotatable bonds is 3. The van der Waals surface area contributed by atoms with Gasteiger partial charge in [-0.3, -0.25) is 0 Å². The molecule has 3 rings (SSSR count). The fourth-order valence-electron chi connectivity index (χ4n) is 1.96. The highest BCUT2D eigenvalue weighted by Gasteiger charge is 2.18. The van der Waals surface area contributed by atoms with Gasteiger partial charge in [-0.25, -0.2) is 0 Å². The Morgan fingerprint density at radius 3 is 2.47 bits per heavy atom. The third kappa shape index (κ3) is 2.53. The zero-order valence-corrected chi connectivity index (χ0v) is 12.1. The summed E-state index contributed by atoms with van der Waals surface area (Å²) in [7, 11) is 5.31. The van der Waals surface area contributed by atoms with Crippen LogP contribution in [0, 0.1) is 0 Å². The van der Waals surface area contributed by atoms with Crippen molar-refractivity contribution < 1.29 is 4.74 Å². The molecule has 19 heavy (non-hydrogen) atoms. The Morgan fingerprint density at radius 1 is 0.947 bits per heavy atom. The molecular formula is C16H13OS2+. The van der Waals surface area contributed by atoms with E-state index in [2.05, 4.69) is 36.4 Å². The van der Waals surface area contributed by atoms with Crippen LogP contribution in [-0.4, -0.2) is 7.11 Å². The maximum Gasteiger partial charge on any atom is 0.301 e. The summed E-state index contributed by atoms with van der Waals surface area (Å²) in [6.07, 6.45) is 0. The van der Waals surface area contributed by atoms with Gasteiger partial charge in [-0.15, -0.1) is 0 Å². The molecule has 1 nitrogen and oxygen atoms in total. The first kappa shape index (κ1) is 12.3. The average molecular weight is 285 g/mol. The van der Waals surface area contributed by atoms with Gasteiger partial charge in [-0.05, 0) is 24.3 Å². The van der Waals surface area contributed by atoms with Crippen molar-refractivity contribution in [3.05, 3.63) is 60.7 Å². The van der Waals surface area contributed by atoms with Crippen LogP contribution in [0.2, 0.25) is 0 Å². The molecule has 1 aromatic heterocycles. The Morgan fingerprint density at radius 2 is 1.68 bits per heavy atom. The molecule has 0 bridgehead atoms. The normalized spacial score (nSPS) is 10.4. The van der Waals surface area contributed by atoms with Crippen molar-refractivity contribution in [1.82, 2.24) is 0 Å². The third-order valence-electron chi connectivity index (χ3n) is 2.91. The van der Waals surface area contributed by atoms with E-state index in [1.807, 2.05) is 24.3 Å². The van der Waals surface area contributed by atoms with Gasteiger partial charge in [0, 0.05) is 17.2 Å². The van der Waals surface area contributed by atoms with Gasteiger partial charge < -0.3 is 4.74 Å². The molecule has 0 radical (unpaired) electrons. The Kier molecular flexibility index (Phi) is 3.58. The van der Waals surface area contributed by atoms with Gasteiger partial charge >= 0.3 is 10.3 Å². The van der Waals surface area contributed by atoms with Gasteiger partial charge in [-0.2, -0.15) is 0 Å². The minimum atomic E-state index is 0.927. The lowest BCUT2D eigenvalue weighted by molar-refractivity contribution is 0.416. The van der Waals surface area contributed by atoms with E-state index >= 15 is 0 Å². The van der Waals surface area contributed by atoms with E-state index in [1.54, 1.807) is 27.8 Å². The minimum absolute atomic E-state index is 0.927. The van der Waals surface area contributed by atoms with Gasteiger partial charge in [0.25, 0.3) is 4.88 Å². The van der Waals surface area contributed by atoms with Crippen LogP contribution < -0.4 is 4.74 Å². The first-order valence-corrected chi connectivity index (χ1v) is 8.15. The van der Waals surface area contributed by atoms with E-state index in [0.29, 0.717) is 0 Å². The third-order valence-corrected chi connectivity index (χ3v) is 5.38. The predicted octanol–water partition coefficient (Wildman–Crippen LogP) is 5.43. The fraction of sp³-hybridized carbons (Fsp3) is 0.0625. The van der Waals surface area contributed by atoms with Crippen molar-refractivity contribution in [2.45, 2.75) is 0 Å². The number of hydrogen-bond donors (Lipinski definition) is 0. The Bertz CT molecular complexity index is 674. The van der Waals surface area contributed by atoms with Crippen molar-refractivity contribution in [1.29, 1.82) is 0 Å². The standard InChI is InChI=1S/C16H13OS2/c1-17-14-10-6-5-9-13(14)16-11-15(18-19-16)12-7-3-2-4-8-12/h2-11H,1H3/q+1. The minimum Gasteiger partial charge on any atom is -0.496 e. The molecule has 2 aromatic carbocycles. The first-order valence-electron chi connectivity index (χ1n) is 6.00. The number of hydrogen-bond acceptors (Lipinski definition) is 2. The van der Waals surface area contributed by atoms with Crippen LogP contribution >= 0.6 is 20.7 Å². The predicted molar refractivity (Wildman–Crippen MR) is 84.0 cm³/mol. The average Bonchev–Trinajstić information content (AvgIpc) is 2.98. The van der Waals surface area contributed by atoms with Crippen LogP contribution in [-0.2, 0) is 0 Å². The number of methoxy groups -OCH3 is 1. The van der Waals surface area contributed by atoms with E-state index in [9.17, 15) is 0 Å². The molecule has 0 aliphatic carbocycles. The SMILES string of the molecule is COc1ccccc1-c1cc(-c2ccccc2)[s+]s1. The van der Waals surface area contributed by atoms with Crippen molar-refractivity contribution in [2.75, 3.05) is 7.11 Å². The largest absolute Gasteiger partial charge is 0.496 e. The van der Waals surface area contributed by atoms with Crippen molar-refractivity contribution in [3.63, 3.8) is 0 Å². The highest BCUT2D eigenvalue weighted by atomic mass is 32.9. The zero-order chi connectivity index (χ0) is 13.1. The zero-order valence-electron chi connectivity index (χ0n) is 10.5. The van der Waals surface area contributed by atoms with Gasteiger partial charge in [0.2, 0.25) is 0 Å². The van der Waals surface area contributed by atoms with Gasteiger partial charge in [0.1, 0.15) is 10.6 Å². The maximum atomic E-state index is 5.43. The van der Waals surface area contributed by atoms with Crippen LogP contribution in [0.15, 0.2) is 60.7 Å². The summed E-state index contributed by atoms with van der Waals surface area (Å²) >= 11 is 0. The molecule has 0 unspecified atom stereocenters. The molecule has 0 amide bonds. The number of para-hydroxylation sites is 1. The quantitative estimate of drug-likeness (QED) is 0.460. The second-order valence-electron chi connectivity index (χ2n) is 4.11. The fourth-order valence-corrected chi connectivity index (χ4v) is 4.42. The van der Waals surface area contributed by atoms with Crippen LogP contribution in [0.5, 0.6) is 5.75 Å². The van der Waals surface area contributed by atoms with Crippen molar-refractivity contribution in [3.8, 4) is 26.6 Å². The molecule has 0 aliphatic heterocycles. The lowest BCUT2D eigenvalue weighted by Gasteiger charge is -2.03. The Hall–Kier alpha value is -1.71. The van der Waals surface area contributed by atoms with E-state index in [0.717, 1.165) is 11.3 Å². The van der Waals surface area contributed by atoms with Crippen LogP contribution in [0.25, 0.3) is 20.9 Å². The van der Waals surface area contributed by atoms with Crippen molar-refractivity contribution in [2.24, 2.45) is 0 Å². The molecule has 0 fully saturated rings. The smallest absolute Gasteiger partial charge is 0.301 e. The van der Waals surface area contributed by atoms with Gasteiger partial charge in [0.05, 0.1) is 7.11 Å². The molecule has 0 saturated heterocycles. The molecule has 0 saturated carbocycles. The highest BCUT2D eigenvalue weighted by Crippen LogP contribution is 2.40. The lowest BCUT2D eigenvalue weighted by atomic mass is 10.1. The second-order valence-corrected chi connectivity index (χ2v) is 6.32. The summed E-state index contributed by atoms with van der Waals surface area (Å²) in [5.74, 6) is 0.927. The first-order chi connectivity index (χ1) is 9.38. The summed E-state index contributed by atoms with van der Waals surface area (Å²) in [4.78, 5) is 2.55. The topological polar surface area (TPSA) is 9.23 Å². The van der Waals surface area contributed by atoms with Crippen molar-refractivity contribution >= 4 is 20.7 Å². The molecule has 0 atom stereocenters. The Labute approximate surface area is 120 Å². The van der Waals surface area contributed by atoms with E-state index < -0.39 is 0 Å². The van der Waals surface area contributed by atoms with E-state index in [4.69, 9.17) is 4.74 Å². The summed E-state index contributed by atoms with van der Waals surface area (Å²) in [6, 6.07) is 20.9. The monoisotopic (exact) mass is 285 g/mol. The summed E-state index contributed by atoms with van der Waals surface area (Å²) in [5.41, 5.74) is 2.43. The summed E-state index contributed by atoms with van der Waals surface area (Å²) in [5, 5.41) is 0. The maximum absolute atomic E-state index is 5.43. The van der Waals surface area contributed by atoms with Crippen LogP contribution in [0.3, 0.4) is 0 Å². The number of ether oxygens (including phenoxy) is 1. The molecule has 3 heteroatoms. The van der Waals surface area contributed by atoms with E-state index in [-0.39, 0.29) is 0 Å². The van der Waals surface area contributed by atoms with Crippen LogP contribution in [0.4, 0.5) is 0 Å². The van der Waals surface area contributed by atoms with Gasteiger partial charge in [-0.1, -0.05) is 30.3 Å². The lowest BCUT2D eigenvalue weighted by Crippen LogP contribution is -1.85. The highest BCUT2D eigenvalue weighted by molar-refractivity contribution is 7.72. The number of benzene rings is 2. The summed E-state index contributed by atoms with van der Waals surface area (Å²) in [6.45, 7) is 0.